The van der Waals surface area contributed by atoms with Crippen LogP contribution in [0, 0.1) is 19.3 Å². The van der Waals surface area contributed by atoms with Crippen molar-refractivity contribution >= 4 is 39.8 Å². The fraction of sp³-hybridized carbons (Fsp3) is 0.304. The highest BCUT2D eigenvalue weighted by Gasteiger charge is 2.35. The van der Waals surface area contributed by atoms with Crippen LogP contribution in [0.15, 0.2) is 52.1 Å². The third kappa shape index (κ3) is 3.89. The van der Waals surface area contributed by atoms with Crippen LogP contribution in [-0.4, -0.2) is 31.5 Å². The number of hydrazone groups is 1. The maximum atomic E-state index is 12.7. The standard InChI is InChI=1S/C23H25N5OS/c1-4-5-11-20-26-28-21(24)19(22(29)25-23(28)30-20)13-18-12-15(2)27(16(18)3)14-17-9-7-6-8-10-17/h6-10,12-13,24H,4-5,11,14H2,1-3H3/b19-13-,24-21?. The van der Waals surface area contributed by atoms with Crippen LogP contribution in [-0.2, 0) is 11.3 Å². The number of amides is 1. The van der Waals surface area contributed by atoms with Crippen LogP contribution in [0.4, 0.5) is 0 Å². The van der Waals surface area contributed by atoms with Gasteiger partial charge >= 0.3 is 0 Å². The smallest absolute Gasteiger partial charge is 0.283 e. The number of nitrogens with one attached hydrogen (secondary N) is 1. The largest absolute Gasteiger partial charge is 0.344 e. The Labute approximate surface area is 180 Å². The summed E-state index contributed by atoms with van der Waals surface area (Å²) >= 11 is 1.39. The Balaban J connectivity index is 1.62. The molecule has 0 aliphatic carbocycles. The Hall–Kier alpha value is -2.93. The lowest BCUT2D eigenvalue weighted by Gasteiger charge is -2.20. The predicted molar refractivity (Wildman–Crippen MR) is 124 cm³/mol. The summed E-state index contributed by atoms with van der Waals surface area (Å²) in [4.78, 5) is 16.9. The molecule has 0 saturated heterocycles. The van der Waals surface area contributed by atoms with E-state index in [9.17, 15) is 4.79 Å². The molecule has 0 saturated carbocycles. The number of unbranched alkanes of at least 4 members (excludes halogenated alkanes) is 1. The minimum absolute atomic E-state index is 0.0943. The van der Waals surface area contributed by atoms with Gasteiger partial charge < -0.3 is 4.57 Å². The van der Waals surface area contributed by atoms with Crippen LogP contribution in [0.3, 0.4) is 0 Å². The van der Waals surface area contributed by atoms with Crippen LogP contribution in [0.1, 0.15) is 48.7 Å². The zero-order valence-corrected chi connectivity index (χ0v) is 18.3. The summed E-state index contributed by atoms with van der Waals surface area (Å²) in [6, 6.07) is 12.3. The molecule has 6 nitrogen and oxygen atoms in total. The average Bonchev–Trinajstić information content (AvgIpc) is 3.26. The van der Waals surface area contributed by atoms with E-state index >= 15 is 0 Å². The second-order valence-electron chi connectivity index (χ2n) is 7.52. The SMILES string of the molecule is CCCCC1=NN2C(=N)/C(=C/c3cc(C)n(Cc4ccccc4)c3C)C(=O)N=C2S1. The van der Waals surface area contributed by atoms with Gasteiger partial charge in [0.05, 0.1) is 5.57 Å². The van der Waals surface area contributed by atoms with Gasteiger partial charge in [-0.05, 0) is 61.7 Å². The van der Waals surface area contributed by atoms with Gasteiger partial charge in [-0.1, -0.05) is 43.7 Å². The number of nitrogens with zero attached hydrogens (tertiary/aromatic N) is 4. The number of carbonyl (C=O) groups excluding carboxylic acids is 1. The van der Waals surface area contributed by atoms with Crippen molar-refractivity contribution in [3.05, 3.63) is 64.5 Å². The third-order valence-corrected chi connectivity index (χ3v) is 6.30. The Morgan fingerprint density at radius 2 is 1.97 bits per heavy atom. The van der Waals surface area contributed by atoms with Gasteiger partial charge in [-0.15, -0.1) is 0 Å². The number of carbonyl (C=O) groups is 1. The molecule has 0 unspecified atom stereocenters. The summed E-state index contributed by atoms with van der Waals surface area (Å²) in [5.74, 6) is -0.282. The van der Waals surface area contributed by atoms with Gasteiger partial charge in [0.1, 0.15) is 5.04 Å². The van der Waals surface area contributed by atoms with E-state index in [1.165, 1.54) is 22.3 Å². The first kappa shape index (κ1) is 20.3. The van der Waals surface area contributed by atoms with Crippen molar-refractivity contribution in [3.8, 4) is 0 Å². The number of aryl methyl sites for hydroxylation is 1. The molecule has 0 bridgehead atoms. The lowest BCUT2D eigenvalue weighted by atomic mass is 10.1. The molecular weight excluding hydrogens is 394 g/mol. The molecule has 4 rings (SSSR count). The van der Waals surface area contributed by atoms with Crippen molar-refractivity contribution in [2.24, 2.45) is 10.1 Å². The van der Waals surface area contributed by atoms with Crippen molar-refractivity contribution in [1.29, 1.82) is 5.41 Å². The first-order valence-electron chi connectivity index (χ1n) is 10.2. The number of hydrogen-bond acceptors (Lipinski definition) is 4. The Morgan fingerprint density at radius 3 is 2.70 bits per heavy atom. The molecule has 154 valence electrons. The highest BCUT2D eigenvalue weighted by molar-refractivity contribution is 8.26. The molecule has 2 aromatic rings. The van der Waals surface area contributed by atoms with Gasteiger partial charge in [0.15, 0.2) is 5.84 Å². The molecule has 1 N–H and O–H groups in total. The van der Waals surface area contributed by atoms with E-state index in [2.05, 4.69) is 46.7 Å². The van der Waals surface area contributed by atoms with Gasteiger partial charge in [0, 0.05) is 17.9 Å². The van der Waals surface area contributed by atoms with Gasteiger partial charge in [0.2, 0.25) is 5.17 Å². The van der Waals surface area contributed by atoms with Crippen LogP contribution in [0.5, 0.6) is 0 Å². The first-order chi connectivity index (χ1) is 14.5. The zero-order valence-electron chi connectivity index (χ0n) is 17.5. The van der Waals surface area contributed by atoms with Crippen LogP contribution < -0.4 is 0 Å². The van der Waals surface area contributed by atoms with E-state index in [-0.39, 0.29) is 17.3 Å². The molecule has 7 heteroatoms. The summed E-state index contributed by atoms with van der Waals surface area (Å²) in [5.41, 5.74) is 4.59. The number of thioether (sulfide) groups is 1. The second-order valence-corrected chi connectivity index (χ2v) is 8.56. The highest BCUT2D eigenvalue weighted by Crippen LogP contribution is 2.30. The summed E-state index contributed by atoms with van der Waals surface area (Å²) in [6.07, 6.45) is 4.73. The fourth-order valence-corrected chi connectivity index (χ4v) is 4.53. The lowest BCUT2D eigenvalue weighted by Crippen LogP contribution is -2.35. The van der Waals surface area contributed by atoms with Crippen LogP contribution in [0.25, 0.3) is 6.08 Å². The maximum Gasteiger partial charge on any atom is 0.283 e. The predicted octanol–water partition coefficient (Wildman–Crippen LogP) is 4.96. The summed E-state index contributed by atoms with van der Waals surface area (Å²) < 4.78 is 2.22. The summed E-state index contributed by atoms with van der Waals surface area (Å²) in [7, 11) is 0. The fourth-order valence-electron chi connectivity index (χ4n) is 3.60. The van der Waals surface area contributed by atoms with Gasteiger partial charge in [-0.25, -0.2) is 0 Å². The van der Waals surface area contributed by atoms with Crippen LogP contribution >= 0.6 is 11.8 Å². The van der Waals surface area contributed by atoms with Gasteiger partial charge in [-0.2, -0.15) is 15.1 Å². The molecule has 1 amide bonds. The van der Waals surface area contributed by atoms with Crippen molar-refractivity contribution in [2.75, 3.05) is 0 Å². The number of rotatable bonds is 6. The van der Waals surface area contributed by atoms with Crippen molar-refractivity contribution < 1.29 is 4.79 Å². The third-order valence-electron chi connectivity index (χ3n) is 5.34. The van der Waals surface area contributed by atoms with E-state index in [0.29, 0.717) is 5.17 Å². The molecule has 1 aromatic carbocycles. The Morgan fingerprint density at radius 1 is 1.20 bits per heavy atom. The van der Waals surface area contributed by atoms with E-state index in [1.807, 2.05) is 25.1 Å². The van der Waals surface area contributed by atoms with Crippen molar-refractivity contribution in [3.63, 3.8) is 0 Å². The monoisotopic (exact) mass is 419 g/mol. The molecule has 0 spiro atoms. The molecule has 0 fully saturated rings. The maximum absolute atomic E-state index is 12.7. The van der Waals surface area contributed by atoms with E-state index in [0.717, 1.165) is 47.8 Å². The van der Waals surface area contributed by atoms with Crippen LogP contribution in [0.2, 0.25) is 0 Å². The number of fused-ring (bicyclic) bond motifs is 1. The Kier molecular flexibility index (Phi) is 5.72. The minimum atomic E-state index is -0.376. The second kappa shape index (κ2) is 8.44. The molecule has 2 aliphatic rings. The number of aliphatic imine (C=N–C) groups is 1. The number of amidine groups is 2. The molecule has 0 radical (unpaired) electrons. The van der Waals surface area contributed by atoms with E-state index < -0.39 is 0 Å². The van der Waals surface area contributed by atoms with E-state index in [1.54, 1.807) is 6.08 Å². The molecule has 1 aromatic heterocycles. The molecular formula is C23H25N5OS. The molecule has 30 heavy (non-hydrogen) atoms. The summed E-state index contributed by atoms with van der Waals surface area (Å²) in [6.45, 7) is 7.00. The number of aromatic nitrogens is 1. The summed E-state index contributed by atoms with van der Waals surface area (Å²) in [5, 5.41) is 16.0. The molecule has 2 aliphatic heterocycles. The molecule has 0 atom stereocenters. The Bertz CT molecular complexity index is 1090. The van der Waals surface area contributed by atoms with E-state index in [4.69, 9.17) is 5.41 Å². The normalized spacial score (nSPS) is 17.4. The van der Waals surface area contributed by atoms with Gasteiger partial charge in [-0.3, -0.25) is 10.2 Å². The average molecular weight is 420 g/mol. The quantitative estimate of drug-likeness (QED) is 0.672. The number of hydrogen-bond donors (Lipinski definition) is 1. The minimum Gasteiger partial charge on any atom is -0.344 e. The van der Waals surface area contributed by atoms with Crippen molar-refractivity contribution in [1.82, 2.24) is 9.58 Å². The zero-order chi connectivity index (χ0) is 21.3. The molecule has 3 heterocycles. The lowest BCUT2D eigenvalue weighted by molar-refractivity contribution is -0.114. The topological polar surface area (TPSA) is 73.8 Å². The highest BCUT2D eigenvalue weighted by atomic mass is 32.2. The number of benzene rings is 1. The van der Waals surface area contributed by atoms with Gasteiger partial charge in [0.25, 0.3) is 5.91 Å². The van der Waals surface area contributed by atoms with Crippen molar-refractivity contribution in [2.45, 2.75) is 46.6 Å². The first-order valence-corrected chi connectivity index (χ1v) is 11.0.